The number of hydrogen-bond acceptors (Lipinski definition) is 3. The van der Waals surface area contributed by atoms with E-state index in [4.69, 9.17) is 4.74 Å². The van der Waals surface area contributed by atoms with Crippen LogP contribution in [0.5, 0.6) is 5.75 Å². The summed E-state index contributed by atoms with van der Waals surface area (Å²) in [4.78, 5) is 2.61. The summed E-state index contributed by atoms with van der Waals surface area (Å²) in [5.74, 6) is 1.01. The fraction of sp³-hybridized carbons (Fsp3) is 0.444. The predicted molar refractivity (Wildman–Crippen MR) is 91.3 cm³/mol. The summed E-state index contributed by atoms with van der Waals surface area (Å²) in [6.45, 7) is 10.3. The summed E-state index contributed by atoms with van der Waals surface area (Å²) >= 11 is 1.81. The lowest BCUT2D eigenvalue weighted by Crippen LogP contribution is -2.13. The maximum absolute atomic E-state index is 6.11. The highest BCUT2D eigenvalue weighted by molar-refractivity contribution is 7.11. The Morgan fingerprint density at radius 1 is 1.10 bits per heavy atom. The zero-order valence-corrected chi connectivity index (χ0v) is 14.4. The monoisotopic (exact) mass is 303 g/mol. The number of nitrogens with one attached hydrogen (secondary N) is 1. The van der Waals surface area contributed by atoms with Crippen molar-refractivity contribution in [2.45, 2.75) is 46.3 Å². The van der Waals surface area contributed by atoms with Gasteiger partial charge in [0.2, 0.25) is 0 Å². The van der Waals surface area contributed by atoms with Gasteiger partial charge < -0.3 is 10.1 Å². The Morgan fingerprint density at radius 3 is 2.48 bits per heavy atom. The molecular formula is C18H25NOS. The normalized spacial score (nSPS) is 11.7. The second-order valence-corrected chi connectivity index (χ2v) is 7.69. The predicted octanol–water partition coefficient (Wildman–Crippen LogP) is 4.65. The molecule has 0 fully saturated rings. The van der Waals surface area contributed by atoms with Crippen LogP contribution in [0.4, 0.5) is 0 Å². The Morgan fingerprint density at radius 2 is 1.81 bits per heavy atom. The van der Waals surface area contributed by atoms with Gasteiger partial charge in [0.15, 0.2) is 0 Å². The van der Waals surface area contributed by atoms with E-state index >= 15 is 0 Å². The second kappa shape index (κ2) is 6.63. The van der Waals surface area contributed by atoms with Crippen molar-refractivity contribution in [1.29, 1.82) is 0 Å². The molecule has 1 aromatic heterocycles. The van der Waals surface area contributed by atoms with Crippen molar-refractivity contribution < 1.29 is 4.74 Å². The lowest BCUT2D eigenvalue weighted by Gasteiger charge is -2.23. The Bertz CT molecular complexity index is 596. The van der Waals surface area contributed by atoms with Crippen molar-refractivity contribution in [2.75, 3.05) is 7.05 Å². The van der Waals surface area contributed by atoms with Gasteiger partial charge in [-0.05, 0) is 48.7 Å². The molecule has 1 aromatic carbocycles. The molecule has 0 unspecified atom stereocenters. The molecule has 0 aliphatic carbocycles. The quantitative estimate of drug-likeness (QED) is 0.868. The van der Waals surface area contributed by atoms with Gasteiger partial charge in [-0.25, -0.2) is 0 Å². The number of benzene rings is 1. The van der Waals surface area contributed by atoms with E-state index in [1.807, 2.05) is 7.05 Å². The van der Waals surface area contributed by atoms with Gasteiger partial charge >= 0.3 is 0 Å². The number of aryl methyl sites for hydroxylation is 1. The van der Waals surface area contributed by atoms with Gasteiger partial charge in [-0.3, -0.25) is 0 Å². The zero-order valence-electron chi connectivity index (χ0n) is 13.6. The number of thiophene rings is 1. The Kier molecular flexibility index (Phi) is 5.07. The van der Waals surface area contributed by atoms with Crippen LogP contribution in [0.25, 0.3) is 0 Å². The highest BCUT2D eigenvalue weighted by Crippen LogP contribution is 2.33. The summed E-state index contributed by atoms with van der Waals surface area (Å²) in [5.41, 5.74) is 2.59. The minimum atomic E-state index is 0.0930. The number of ether oxygens (including phenoxy) is 1. The lowest BCUT2D eigenvalue weighted by atomic mass is 9.86. The highest BCUT2D eigenvalue weighted by atomic mass is 32.1. The highest BCUT2D eigenvalue weighted by Gasteiger charge is 2.19. The molecule has 0 radical (unpaired) electrons. The molecule has 2 rings (SSSR count). The summed E-state index contributed by atoms with van der Waals surface area (Å²) in [6, 6.07) is 10.8. The van der Waals surface area contributed by atoms with Crippen LogP contribution in [0.1, 0.15) is 41.7 Å². The molecule has 0 spiro atoms. The Hall–Kier alpha value is -1.32. The third-order valence-corrected chi connectivity index (χ3v) is 4.44. The fourth-order valence-electron chi connectivity index (χ4n) is 2.29. The molecule has 0 bridgehead atoms. The first-order chi connectivity index (χ1) is 9.90. The molecule has 21 heavy (non-hydrogen) atoms. The SMILES string of the molecule is CNCc1ccc(COc2cc(C)ccc2C(C)(C)C)s1. The minimum Gasteiger partial charge on any atom is -0.488 e. The molecule has 1 N–H and O–H groups in total. The van der Waals surface area contributed by atoms with Crippen LogP contribution in [-0.2, 0) is 18.6 Å². The van der Waals surface area contributed by atoms with Crippen molar-refractivity contribution in [2.24, 2.45) is 0 Å². The first-order valence-corrected chi connectivity index (χ1v) is 8.18. The summed E-state index contributed by atoms with van der Waals surface area (Å²) in [6.07, 6.45) is 0. The van der Waals surface area contributed by atoms with Crippen molar-refractivity contribution in [1.82, 2.24) is 5.32 Å². The zero-order chi connectivity index (χ0) is 15.5. The van der Waals surface area contributed by atoms with Crippen LogP contribution in [0.2, 0.25) is 0 Å². The van der Waals surface area contributed by atoms with E-state index in [0.717, 1.165) is 12.3 Å². The van der Waals surface area contributed by atoms with Gasteiger partial charge in [0.25, 0.3) is 0 Å². The van der Waals surface area contributed by atoms with Crippen LogP contribution in [0, 0.1) is 6.92 Å². The average molecular weight is 303 g/mol. The first-order valence-electron chi connectivity index (χ1n) is 7.36. The maximum atomic E-state index is 6.11. The second-order valence-electron chi connectivity index (χ2n) is 6.44. The van der Waals surface area contributed by atoms with Crippen LogP contribution < -0.4 is 10.1 Å². The molecule has 114 valence electrons. The third kappa shape index (κ3) is 4.32. The lowest BCUT2D eigenvalue weighted by molar-refractivity contribution is 0.301. The topological polar surface area (TPSA) is 21.3 Å². The van der Waals surface area contributed by atoms with Crippen molar-refractivity contribution >= 4 is 11.3 Å². The molecule has 1 heterocycles. The largest absolute Gasteiger partial charge is 0.488 e. The van der Waals surface area contributed by atoms with Gasteiger partial charge in [0, 0.05) is 16.3 Å². The Balaban J connectivity index is 2.13. The van der Waals surface area contributed by atoms with E-state index in [2.05, 4.69) is 63.3 Å². The summed E-state index contributed by atoms with van der Waals surface area (Å²) < 4.78 is 6.11. The standard InChI is InChI=1S/C18H25NOS/c1-13-6-9-16(18(2,3)4)17(10-13)20-12-15-8-7-14(21-15)11-19-5/h6-10,19H,11-12H2,1-5H3. The molecule has 0 aliphatic heterocycles. The van der Waals surface area contributed by atoms with Crippen LogP contribution in [0.3, 0.4) is 0 Å². The summed E-state index contributed by atoms with van der Waals surface area (Å²) in [7, 11) is 1.97. The average Bonchev–Trinajstić information content (AvgIpc) is 2.83. The number of rotatable bonds is 5. The van der Waals surface area contributed by atoms with E-state index < -0.39 is 0 Å². The molecule has 2 aromatic rings. The third-order valence-electron chi connectivity index (χ3n) is 3.38. The van der Waals surface area contributed by atoms with Gasteiger partial charge in [-0.2, -0.15) is 0 Å². The molecule has 0 amide bonds. The van der Waals surface area contributed by atoms with E-state index in [9.17, 15) is 0 Å². The van der Waals surface area contributed by atoms with Crippen LogP contribution >= 0.6 is 11.3 Å². The molecule has 0 atom stereocenters. The number of hydrogen-bond donors (Lipinski definition) is 1. The van der Waals surface area contributed by atoms with Crippen LogP contribution in [-0.4, -0.2) is 7.05 Å². The van der Waals surface area contributed by atoms with Crippen molar-refractivity contribution in [3.05, 3.63) is 51.2 Å². The first kappa shape index (κ1) is 16.1. The Labute approximate surface area is 132 Å². The fourth-order valence-corrected chi connectivity index (χ4v) is 3.23. The minimum absolute atomic E-state index is 0.0930. The molecular weight excluding hydrogens is 278 g/mol. The molecule has 3 heteroatoms. The molecule has 0 saturated carbocycles. The van der Waals surface area contributed by atoms with Gasteiger partial charge in [-0.1, -0.05) is 32.9 Å². The van der Waals surface area contributed by atoms with Gasteiger partial charge in [0.1, 0.15) is 12.4 Å². The molecule has 0 aliphatic rings. The van der Waals surface area contributed by atoms with Crippen LogP contribution in [0.15, 0.2) is 30.3 Å². The van der Waals surface area contributed by atoms with Gasteiger partial charge in [0.05, 0.1) is 0 Å². The van der Waals surface area contributed by atoms with E-state index in [1.165, 1.54) is 20.9 Å². The van der Waals surface area contributed by atoms with Crippen molar-refractivity contribution in [3.63, 3.8) is 0 Å². The summed E-state index contributed by atoms with van der Waals surface area (Å²) in [5, 5.41) is 3.18. The van der Waals surface area contributed by atoms with Gasteiger partial charge in [-0.15, -0.1) is 11.3 Å². The van der Waals surface area contributed by atoms with Crippen molar-refractivity contribution in [3.8, 4) is 5.75 Å². The molecule has 2 nitrogen and oxygen atoms in total. The molecule has 0 saturated heterocycles. The van der Waals surface area contributed by atoms with E-state index in [0.29, 0.717) is 6.61 Å². The van der Waals surface area contributed by atoms with E-state index in [1.54, 1.807) is 11.3 Å². The maximum Gasteiger partial charge on any atom is 0.123 e. The smallest absolute Gasteiger partial charge is 0.123 e. The van der Waals surface area contributed by atoms with E-state index in [-0.39, 0.29) is 5.41 Å².